The van der Waals surface area contributed by atoms with Crippen molar-refractivity contribution in [3.63, 3.8) is 0 Å². The summed E-state index contributed by atoms with van der Waals surface area (Å²) >= 11 is 3.38. The van der Waals surface area contributed by atoms with Crippen molar-refractivity contribution in [1.29, 1.82) is 0 Å². The number of nitrogens with zero attached hydrogens (tertiary/aromatic N) is 2. The van der Waals surface area contributed by atoms with Crippen molar-refractivity contribution in [2.24, 2.45) is 0 Å². The Morgan fingerprint density at radius 2 is 1.74 bits per heavy atom. The van der Waals surface area contributed by atoms with Gasteiger partial charge < -0.3 is 4.74 Å². The van der Waals surface area contributed by atoms with Crippen LogP contribution in [0.4, 0.5) is 16.2 Å². The number of ether oxygens (including phenoxy) is 1. The third kappa shape index (κ3) is 5.14. The van der Waals surface area contributed by atoms with Gasteiger partial charge in [-0.2, -0.15) is 0 Å². The molecule has 1 fully saturated rings. The molecule has 4 amide bonds. The van der Waals surface area contributed by atoms with Crippen molar-refractivity contribution < 1.29 is 24.0 Å². The maximum Gasteiger partial charge on any atom is 0.335 e. The molecule has 10 heteroatoms. The number of urea groups is 1. The van der Waals surface area contributed by atoms with Crippen LogP contribution in [0.15, 0.2) is 88.9 Å². The number of nitrogens with one attached hydrogen (secondary N) is 1. The van der Waals surface area contributed by atoms with E-state index in [0.29, 0.717) is 28.1 Å². The number of halogens is 1. The zero-order valence-corrected chi connectivity index (χ0v) is 22.1. The van der Waals surface area contributed by atoms with Crippen LogP contribution in [0.1, 0.15) is 16.7 Å². The third-order valence-electron chi connectivity index (χ3n) is 6.26. The van der Waals surface area contributed by atoms with E-state index in [9.17, 15) is 24.5 Å². The second kappa shape index (κ2) is 10.5. The Balaban J connectivity index is 1.55. The van der Waals surface area contributed by atoms with Gasteiger partial charge in [-0.3, -0.25) is 25.0 Å². The lowest BCUT2D eigenvalue weighted by molar-refractivity contribution is -0.384. The van der Waals surface area contributed by atoms with Crippen LogP contribution in [0, 0.1) is 17.0 Å². The van der Waals surface area contributed by atoms with Crippen molar-refractivity contribution in [3.05, 3.63) is 116 Å². The SMILES string of the molecule is Cc1cc(Br)ccc1N1C(=O)NC(=O)/C(=C/c2c(OCc3ccc([N+](=O)[O-])cc3)ccc3ccccc23)C1=O. The van der Waals surface area contributed by atoms with E-state index in [0.717, 1.165) is 20.1 Å². The maximum absolute atomic E-state index is 13.6. The molecule has 5 rings (SSSR count). The van der Waals surface area contributed by atoms with Gasteiger partial charge in [-0.1, -0.05) is 46.3 Å². The highest BCUT2D eigenvalue weighted by atomic mass is 79.9. The number of hydrogen-bond acceptors (Lipinski definition) is 6. The summed E-state index contributed by atoms with van der Waals surface area (Å²) in [5.41, 5.74) is 1.94. The summed E-state index contributed by atoms with van der Waals surface area (Å²) in [6.07, 6.45) is 1.43. The molecule has 0 saturated carbocycles. The van der Waals surface area contributed by atoms with Gasteiger partial charge in [0.2, 0.25) is 0 Å². The van der Waals surface area contributed by atoms with E-state index < -0.39 is 22.8 Å². The molecule has 0 aliphatic carbocycles. The Hall–Kier alpha value is -4.83. The van der Waals surface area contributed by atoms with Crippen LogP contribution < -0.4 is 15.0 Å². The number of non-ortho nitro benzene ring substituents is 1. The number of rotatable bonds is 6. The molecule has 39 heavy (non-hydrogen) atoms. The standard InChI is InChI=1S/C29H20BrN3O6/c1-17-14-20(30)9-12-25(17)32-28(35)24(27(34)31-29(32)36)15-23-22-5-3-2-4-19(22)8-13-26(23)39-16-18-6-10-21(11-7-18)33(37)38/h2-15H,16H2,1H3,(H,31,34,36)/b24-15-. The molecule has 0 radical (unpaired) electrons. The minimum absolute atomic E-state index is 0.0307. The summed E-state index contributed by atoms with van der Waals surface area (Å²) in [7, 11) is 0. The van der Waals surface area contributed by atoms with Crippen LogP contribution in [0.25, 0.3) is 16.8 Å². The highest BCUT2D eigenvalue weighted by Crippen LogP contribution is 2.33. The molecule has 1 heterocycles. The highest BCUT2D eigenvalue weighted by molar-refractivity contribution is 9.10. The van der Waals surface area contributed by atoms with Crippen LogP contribution in [-0.4, -0.2) is 22.8 Å². The Labute approximate surface area is 231 Å². The number of hydrogen-bond donors (Lipinski definition) is 1. The lowest BCUT2D eigenvalue weighted by Gasteiger charge is -2.27. The summed E-state index contributed by atoms with van der Waals surface area (Å²) in [6, 6.07) is 21.3. The number of benzene rings is 4. The Morgan fingerprint density at radius 1 is 1.00 bits per heavy atom. The first-order chi connectivity index (χ1) is 18.7. The van der Waals surface area contributed by atoms with E-state index in [2.05, 4.69) is 21.2 Å². The highest BCUT2D eigenvalue weighted by Gasteiger charge is 2.37. The third-order valence-corrected chi connectivity index (χ3v) is 6.76. The van der Waals surface area contributed by atoms with E-state index in [1.54, 1.807) is 43.3 Å². The number of nitro benzene ring substituents is 1. The Kier molecular flexibility index (Phi) is 6.95. The van der Waals surface area contributed by atoms with Crippen LogP contribution in [0.3, 0.4) is 0 Å². The number of amides is 4. The van der Waals surface area contributed by atoms with Crippen LogP contribution in [0.5, 0.6) is 5.75 Å². The molecular formula is C29H20BrN3O6. The molecule has 4 aromatic rings. The summed E-state index contributed by atoms with van der Waals surface area (Å²) in [5, 5.41) is 14.8. The largest absolute Gasteiger partial charge is 0.488 e. The first-order valence-electron chi connectivity index (χ1n) is 11.8. The number of fused-ring (bicyclic) bond motifs is 1. The molecule has 1 saturated heterocycles. The monoisotopic (exact) mass is 585 g/mol. The molecule has 0 atom stereocenters. The molecule has 9 nitrogen and oxygen atoms in total. The normalized spacial score (nSPS) is 14.6. The van der Waals surface area contributed by atoms with Crippen molar-refractivity contribution >= 4 is 62.0 Å². The van der Waals surface area contributed by atoms with E-state index in [-0.39, 0.29) is 17.9 Å². The number of barbiturate groups is 1. The number of nitro groups is 1. The minimum atomic E-state index is -0.833. The molecule has 0 unspecified atom stereocenters. The molecular weight excluding hydrogens is 566 g/mol. The van der Waals surface area contributed by atoms with Crippen LogP contribution in [-0.2, 0) is 16.2 Å². The van der Waals surface area contributed by atoms with Gasteiger partial charge >= 0.3 is 6.03 Å². The predicted molar refractivity (Wildman–Crippen MR) is 149 cm³/mol. The molecule has 0 bridgehead atoms. The maximum atomic E-state index is 13.6. The fraction of sp³-hybridized carbons (Fsp3) is 0.0690. The number of aryl methyl sites for hydroxylation is 1. The zero-order valence-electron chi connectivity index (χ0n) is 20.5. The molecule has 0 spiro atoms. The van der Waals surface area contributed by atoms with Gasteiger partial charge in [-0.05, 0) is 71.3 Å². The lowest BCUT2D eigenvalue weighted by Crippen LogP contribution is -2.54. The van der Waals surface area contributed by atoms with E-state index >= 15 is 0 Å². The van der Waals surface area contributed by atoms with Gasteiger partial charge in [-0.15, -0.1) is 0 Å². The fourth-order valence-electron chi connectivity index (χ4n) is 4.32. The van der Waals surface area contributed by atoms with Crippen LogP contribution >= 0.6 is 15.9 Å². The second-order valence-electron chi connectivity index (χ2n) is 8.80. The zero-order chi connectivity index (χ0) is 27.7. The topological polar surface area (TPSA) is 119 Å². The first-order valence-corrected chi connectivity index (χ1v) is 12.6. The van der Waals surface area contributed by atoms with Gasteiger partial charge in [0.1, 0.15) is 17.9 Å². The van der Waals surface area contributed by atoms with Gasteiger partial charge in [0.05, 0.1) is 10.6 Å². The molecule has 1 N–H and O–H groups in total. The van der Waals surface area contributed by atoms with Crippen molar-refractivity contribution in [1.82, 2.24) is 5.32 Å². The number of carbonyl (C=O) groups excluding carboxylic acids is 3. The predicted octanol–water partition coefficient (Wildman–Crippen LogP) is 6.06. The first kappa shape index (κ1) is 25.8. The molecule has 4 aromatic carbocycles. The molecule has 1 aliphatic rings. The molecule has 1 aliphatic heterocycles. The van der Waals surface area contributed by atoms with Gasteiger partial charge in [0.15, 0.2) is 0 Å². The van der Waals surface area contributed by atoms with Crippen molar-refractivity contribution in [3.8, 4) is 5.75 Å². The number of anilines is 1. The summed E-state index contributed by atoms with van der Waals surface area (Å²) in [5.74, 6) is -1.18. The summed E-state index contributed by atoms with van der Waals surface area (Å²) in [6.45, 7) is 1.85. The molecule has 194 valence electrons. The van der Waals surface area contributed by atoms with E-state index in [1.165, 1.54) is 18.2 Å². The quantitative estimate of drug-likeness (QED) is 0.127. The number of imide groups is 2. The minimum Gasteiger partial charge on any atom is -0.488 e. The van der Waals surface area contributed by atoms with Crippen molar-refractivity contribution in [2.45, 2.75) is 13.5 Å². The molecule has 0 aromatic heterocycles. The Bertz CT molecular complexity index is 1700. The van der Waals surface area contributed by atoms with Crippen molar-refractivity contribution in [2.75, 3.05) is 4.90 Å². The smallest absolute Gasteiger partial charge is 0.335 e. The van der Waals surface area contributed by atoms with Gasteiger partial charge in [-0.25, -0.2) is 9.69 Å². The van der Waals surface area contributed by atoms with E-state index in [4.69, 9.17) is 4.74 Å². The fourth-order valence-corrected chi connectivity index (χ4v) is 4.79. The second-order valence-corrected chi connectivity index (χ2v) is 9.72. The van der Waals surface area contributed by atoms with Gasteiger partial charge in [0.25, 0.3) is 17.5 Å². The Morgan fingerprint density at radius 3 is 2.46 bits per heavy atom. The lowest BCUT2D eigenvalue weighted by atomic mass is 9.99. The average molecular weight is 586 g/mol. The summed E-state index contributed by atoms with van der Waals surface area (Å²) in [4.78, 5) is 50.6. The van der Waals surface area contributed by atoms with Crippen LogP contribution in [0.2, 0.25) is 0 Å². The summed E-state index contributed by atoms with van der Waals surface area (Å²) < 4.78 is 6.85. The average Bonchev–Trinajstić information content (AvgIpc) is 2.91. The van der Waals surface area contributed by atoms with E-state index in [1.807, 2.05) is 30.3 Å². The van der Waals surface area contributed by atoms with Gasteiger partial charge in [0, 0.05) is 22.2 Å². The number of carbonyl (C=O) groups is 3.